The van der Waals surface area contributed by atoms with E-state index < -0.39 is 22.3 Å². The van der Waals surface area contributed by atoms with Crippen LogP contribution in [0.2, 0.25) is 0 Å². The molecule has 6 nitrogen and oxygen atoms in total. The van der Waals surface area contributed by atoms with E-state index in [1.54, 1.807) is 17.0 Å². The standard InChI is InChI=1S/C11H16N2O4S2/c1-8(19(2)17)3-5-13-6-4-9(14)12-11(13)18-7-10(15)16/h4,6,8H,3,5,7H2,1-2H3,(H,15,16). The summed E-state index contributed by atoms with van der Waals surface area (Å²) in [7, 11) is -0.902. The number of rotatable bonds is 7. The van der Waals surface area contributed by atoms with E-state index in [9.17, 15) is 13.8 Å². The summed E-state index contributed by atoms with van der Waals surface area (Å²) in [5, 5.41) is 9.07. The highest BCUT2D eigenvalue weighted by atomic mass is 32.2. The van der Waals surface area contributed by atoms with Crippen molar-refractivity contribution in [3.63, 3.8) is 0 Å². The molecule has 8 heteroatoms. The maximum atomic E-state index is 11.3. The van der Waals surface area contributed by atoms with Crippen LogP contribution >= 0.6 is 11.8 Å². The minimum Gasteiger partial charge on any atom is -0.481 e. The van der Waals surface area contributed by atoms with Crippen molar-refractivity contribution in [1.29, 1.82) is 0 Å². The van der Waals surface area contributed by atoms with Crippen LogP contribution in [0, 0.1) is 0 Å². The van der Waals surface area contributed by atoms with Crippen LogP contribution in [0.4, 0.5) is 0 Å². The summed E-state index contributed by atoms with van der Waals surface area (Å²) in [5.74, 6) is -1.11. The minimum absolute atomic E-state index is 0.0387. The molecule has 0 aliphatic heterocycles. The van der Waals surface area contributed by atoms with E-state index in [2.05, 4.69) is 4.98 Å². The van der Waals surface area contributed by atoms with Gasteiger partial charge in [0.2, 0.25) is 0 Å². The topological polar surface area (TPSA) is 89.3 Å². The van der Waals surface area contributed by atoms with Crippen molar-refractivity contribution in [2.45, 2.75) is 30.3 Å². The number of aromatic nitrogens is 2. The van der Waals surface area contributed by atoms with Gasteiger partial charge in [0.25, 0.3) is 5.56 Å². The Kier molecular flexibility index (Phi) is 6.23. The van der Waals surface area contributed by atoms with Gasteiger partial charge in [-0.2, -0.15) is 4.98 Å². The molecule has 1 N–H and O–H groups in total. The average Bonchev–Trinajstić information content (AvgIpc) is 2.34. The van der Waals surface area contributed by atoms with Crippen molar-refractivity contribution in [1.82, 2.24) is 9.55 Å². The van der Waals surface area contributed by atoms with Crippen LogP contribution in [-0.4, -0.2) is 42.1 Å². The van der Waals surface area contributed by atoms with Gasteiger partial charge in [-0.05, 0) is 6.42 Å². The summed E-state index contributed by atoms with van der Waals surface area (Å²) in [5.41, 5.74) is -0.392. The zero-order valence-electron chi connectivity index (χ0n) is 10.7. The largest absolute Gasteiger partial charge is 0.481 e. The fourth-order valence-electron chi connectivity index (χ4n) is 1.31. The zero-order valence-corrected chi connectivity index (χ0v) is 12.4. The average molecular weight is 304 g/mol. The number of hydrogen-bond acceptors (Lipinski definition) is 5. The van der Waals surface area contributed by atoms with Crippen molar-refractivity contribution in [2.75, 3.05) is 12.0 Å². The lowest BCUT2D eigenvalue weighted by molar-refractivity contribution is -0.133. The molecule has 1 heterocycles. The summed E-state index contributed by atoms with van der Waals surface area (Å²) in [4.78, 5) is 25.5. The molecule has 2 atom stereocenters. The number of thioether (sulfide) groups is 1. The van der Waals surface area contributed by atoms with Crippen LogP contribution in [0.1, 0.15) is 13.3 Å². The van der Waals surface area contributed by atoms with Crippen molar-refractivity contribution >= 4 is 28.5 Å². The fourth-order valence-corrected chi connectivity index (χ4v) is 2.47. The molecule has 0 radical (unpaired) electrons. The fraction of sp³-hybridized carbons (Fsp3) is 0.545. The van der Waals surface area contributed by atoms with Crippen LogP contribution < -0.4 is 5.56 Å². The smallest absolute Gasteiger partial charge is 0.313 e. The lowest BCUT2D eigenvalue weighted by atomic mass is 10.3. The Labute approximate surface area is 117 Å². The number of carboxylic acid groups (broad SMARTS) is 1. The second kappa shape index (κ2) is 7.44. The molecule has 0 saturated heterocycles. The van der Waals surface area contributed by atoms with Crippen molar-refractivity contribution < 1.29 is 14.1 Å². The van der Waals surface area contributed by atoms with Gasteiger partial charge in [0, 0.05) is 41.1 Å². The normalized spacial score (nSPS) is 14.0. The Bertz CT molecular complexity index is 530. The van der Waals surface area contributed by atoms with Crippen LogP contribution in [0.3, 0.4) is 0 Å². The molecule has 0 amide bonds. The summed E-state index contributed by atoms with van der Waals surface area (Å²) in [6.07, 6.45) is 3.91. The maximum Gasteiger partial charge on any atom is 0.313 e. The first-order valence-corrected chi connectivity index (χ1v) is 8.25. The molecule has 0 aliphatic carbocycles. The molecule has 106 valence electrons. The first-order valence-electron chi connectivity index (χ1n) is 5.64. The van der Waals surface area contributed by atoms with Gasteiger partial charge < -0.3 is 9.67 Å². The van der Waals surface area contributed by atoms with E-state index in [-0.39, 0.29) is 11.0 Å². The van der Waals surface area contributed by atoms with Gasteiger partial charge in [-0.25, -0.2) is 0 Å². The van der Waals surface area contributed by atoms with Crippen LogP contribution in [-0.2, 0) is 22.1 Å². The highest BCUT2D eigenvalue weighted by Gasteiger charge is 2.10. The van der Waals surface area contributed by atoms with E-state index >= 15 is 0 Å². The molecule has 0 bridgehead atoms. The Morgan fingerprint density at radius 1 is 1.63 bits per heavy atom. The predicted molar refractivity (Wildman–Crippen MR) is 75.0 cm³/mol. The summed E-state index contributed by atoms with van der Waals surface area (Å²) in [6.45, 7) is 2.44. The van der Waals surface area contributed by atoms with Crippen LogP contribution in [0.15, 0.2) is 22.2 Å². The summed E-state index contributed by atoms with van der Waals surface area (Å²) < 4.78 is 13.0. The predicted octanol–water partition coefficient (Wildman–Crippen LogP) is 0.577. The summed E-state index contributed by atoms with van der Waals surface area (Å²) in [6, 6.07) is 1.33. The Hall–Kier alpha value is -1.15. The number of aliphatic carboxylic acids is 1. The minimum atomic E-state index is -0.960. The van der Waals surface area contributed by atoms with Crippen molar-refractivity contribution in [3.05, 3.63) is 22.6 Å². The van der Waals surface area contributed by atoms with Gasteiger partial charge in [-0.3, -0.25) is 13.8 Å². The monoisotopic (exact) mass is 304 g/mol. The second-order valence-corrected chi connectivity index (χ2v) is 6.77. The van der Waals surface area contributed by atoms with Gasteiger partial charge in [0.15, 0.2) is 5.16 Å². The quantitative estimate of drug-likeness (QED) is 0.585. The first-order chi connectivity index (χ1) is 8.90. The van der Waals surface area contributed by atoms with Crippen molar-refractivity contribution in [2.24, 2.45) is 0 Å². The molecule has 0 saturated carbocycles. The molecule has 1 rings (SSSR count). The van der Waals surface area contributed by atoms with Gasteiger partial charge >= 0.3 is 5.97 Å². The van der Waals surface area contributed by atoms with Gasteiger partial charge in [-0.15, -0.1) is 0 Å². The molecule has 0 fully saturated rings. The number of nitrogens with zero attached hydrogens (tertiary/aromatic N) is 2. The molecule has 19 heavy (non-hydrogen) atoms. The SMILES string of the molecule is CC(CCn1ccc(=O)nc1SCC(=O)O)S(C)=O. The molecule has 0 aromatic carbocycles. The molecule has 0 aliphatic rings. The summed E-state index contributed by atoms with van der Waals surface area (Å²) >= 11 is 1.01. The molecule has 0 spiro atoms. The molecular formula is C11H16N2O4S2. The van der Waals surface area contributed by atoms with Gasteiger partial charge in [-0.1, -0.05) is 18.7 Å². The zero-order chi connectivity index (χ0) is 14.4. The molecular weight excluding hydrogens is 288 g/mol. The number of hydrogen-bond donors (Lipinski definition) is 1. The number of carboxylic acids is 1. The molecule has 1 aromatic rings. The van der Waals surface area contributed by atoms with Crippen LogP contribution in [0.5, 0.6) is 0 Å². The lowest BCUT2D eigenvalue weighted by Crippen LogP contribution is -2.18. The molecule has 2 unspecified atom stereocenters. The Morgan fingerprint density at radius 3 is 2.89 bits per heavy atom. The number of carbonyl (C=O) groups is 1. The second-order valence-electron chi connectivity index (χ2n) is 4.02. The van der Waals surface area contributed by atoms with Gasteiger partial charge in [0.1, 0.15) is 0 Å². The van der Waals surface area contributed by atoms with E-state index in [4.69, 9.17) is 5.11 Å². The lowest BCUT2D eigenvalue weighted by Gasteiger charge is -2.13. The third kappa shape index (κ3) is 5.56. The highest BCUT2D eigenvalue weighted by molar-refractivity contribution is 7.99. The van der Waals surface area contributed by atoms with E-state index in [1.165, 1.54) is 6.07 Å². The third-order valence-electron chi connectivity index (χ3n) is 2.52. The van der Waals surface area contributed by atoms with E-state index in [0.717, 1.165) is 11.8 Å². The van der Waals surface area contributed by atoms with E-state index in [0.29, 0.717) is 18.1 Å². The first kappa shape index (κ1) is 15.9. The Morgan fingerprint density at radius 2 is 2.32 bits per heavy atom. The maximum absolute atomic E-state index is 11.3. The Balaban J connectivity index is 2.78. The van der Waals surface area contributed by atoms with E-state index in [1.807, 2.05) is 6.92 Å². The molecule has 1 aromatic heterocycles. The van der Waals surface area contributed by atoms with Crippen LogP contribution in [0.25, 0.3) is 0 Å². The third-order valence-corrected chi connectivity index (χ3v) is 4.86. The number of aryl methyl sites for hydroxylation is 1. The highest BCUT2D eigenvalue weighted by Crippen LogP contribution is 2.14. The van der Waals surface area contributed by atoms with Gasteiger partial charge in [0.05, 0.1) is 5.75 Å². The van der Waals surface area contributed by atoms with Crippen molar-refractivity contribution in [3.8, 4) is 0 Å².